The van der Waals surface area contributed by atoms with Gasteiger partial charge in [-0.1, -0.05) is 6.92 Å². The molecule has 0 aliphatic carbocycles. The van der Waals surface area contributed by atoms with Crippen LogP contribution in [0.5, 0.6) is 5.75 Å². The van der Waals surface area contributed by atoms with Gasteiger partial charge >= 0.3 is 0 Å². The summed E-state index contributed by atoms with van der Waals surface area (Å²) >= 11 is 0. The monoisotopic (exact) mass is 276 g/mol. The molecule has 5 heteroatoms. The highest BCUT2D eigenvalue weighted by atomic mass is 16.5. The molecular weight excluding hydrogens is 256 g/mol. The molecule has 0 saturated heterocycles. The number of fused-ring (bicyclic) bond motifs is 1. The first-order valence-electron chi connectivity index (χ1n) is 6.62. The summed E-state index contributed by atoms with van der Waals surface area (Å²) in [5.41, 5.74) is 1.33. The van der Waals surface area contributed by atoms with Crippen LogP contribution in [0.25, 0.3) is 0 Å². The quantitative estimate of drug-likeness (QED) is 0.780. The van der Waals surface area contributed by atoms with Crippen molar-refractivity contribution >= 4 is 17.4 Å². The van der Waals surface area contributed by atoms with E-state index >= 15 is 0 Å². The van der Waals surface area contributed by atoms with Crippen LogP contribution in [0.4, 0.5) is 5.69 Å². The zero-order chi connectivity index (χ0) is 14.9. The summed E-state index contributed by atoms with van der Waals surface area (Å²) in [6.45, 7) is 2.64. The highest BCUT2D eigenvalue weighted by Crippen LogP contribution is 2.32. The summed E-state index contributed by atoms with van der Waals surface area (Å²) in [6, 6.07) is 5.25. The number of benzene rings is 1. The van der Waals surface area contributed by atoms with Crippen molar-refractivity contribution in [2.75, 3.05) is 39.2 Å². The molecular formula is C15H20N2O3. The van der Waals surface area contributed by atoms with Gasteiger partial charge in [-0.25, -0.2) is 0 Å². The van der Waals surface area contributed by atoms with Crippen LogP contribution in [0, 0.1) is 5.92 Å². The standard InChI is InChI=1S/C15H20N2O3/c1-10(8-16(2)3)15(19)11-5-6-12-13(7-11)20-9-14(18)17(12)4/h5-7,10H,8-9H2,1-4H3. The van der Waals surface area contributed by atoms with E-state index in [1.807, 2.05) is 25.9 Å². The van der Waals surface area contributed by atoms with Crippen molar-refractivity contribution in [1.29, 1.82) is 0 Å². The van der Waals surface area contributed by atoms with Crippen molar-refractivity contribution in [3.05, 3.63) is 23.8 Å². The number of Topliss-reactive ketones (excluding diaryl/α,β-unsaturated/α-hetero) is 1. The molecule has 1 atom stereocenters. The molecule has 0 aromatic heterocycles. The molecule has 2 rings (SSSR count). The minimum Gasteiger partial charge on any atom is -0.482 e. The van der Waals surface area contributed by atoms with Crippen molar-refractivity contribution in [2.45, 2.75) is 6.92 Å². The molecule has 0 N–H and O–H groups in total. The maximum absolute atomic E-state index is 12.3. The van der Waals surface area contributed by atoms with Crippen LogP contribution >= 0.6 is 0 Å². The van der Waals surface area contributed by atoms with Crippen LogP contribution in [-0.2, 0) is 4.79 Å². The van der Waals surface area contributed by atoms with E-state index in [1.165, 1.54) is 0 Å². The van der Waals surface area contributed by atoms with Gasteiger partial charge in [0, 0.05) is 25.1 Å². The summed E-state index contributed by atoms with van der Waals surface area (Å²) in [6.07, 6.45) is 0. The van der Waals surface area contributed by atoms with Crippen LogP contribution < -0.4 is 9.64 Å². The van der Waals surface area contributed by atoms with Crippen molar-refractivity contribution in [2.24, 2.45) is 5.92 Å². The third-order valence-electron chi connectivity index (χ3n) is 3.42. The van der Waals surface area contributed by atoms with E-state index in [4.69, 9.17) is 4.74 Å². The van der Waals surface area contributed by atoms with E-state index in [9.17, 15) is 9.59 Å². The van der Waals surface area contributed by atoms with Gasteiger partial charge in [0.15, 0.2) is 12.4 Å². The molecule has 1 amide bonds. The zero-order valence-electron chi connectivity index (χ0n) is 12.3. The Balaban J connectivity index is 2.23. The molecule has 20 heavy (non-hydrogen) atoms. The Hall–Kier alpha value is -1.88. The maximum atomic E-state index is 12.3. The van der Waals surface area contributed by atoms with Crippen LogP contribution in [0.15, 0.2) is 18.2 Å². The molecule has 0 bridgehead atoms. The first kappa shape index (κ1) is 14.5. The van der Waals surface area contributed by atoms with Gasteiger partial charge in [-0.15, -0.1) is 0 Å². The molecule has 1 aromatic rings. The van der Waals surface area contributed by atoms with Crippen molar-refractivity contribution in [3.63, 3.8) is 0 Å². The highest BCUT2D eigenvalue weighted by Gasteiger charge is 2.24. The number of hydrogen-bond donors (Lipinski definition) is 0. The minimum atomic E-state index is -0.0856. The summed E-state index contributed by atoms with van der Waals surface area (Å²) in [4.78, 5) is 27.4. The van der Waals surface area contributed by atoms with E-state index in [0.717, 1.165) is 0 Å². The van der Waals surface area contributed by atoms with Crippen molar-refractivity contribution in [1.82, 2.24) is 4.90 Å². The molecule has 1 aromatic carbocycles. The lowest BCUT2D eigenvalue weighted by Crippen LogP contribution is -2.35. The van der Waals surface area contributed by atoms with Crippen LogP contribution in [0.1, 0.15) is 17.3 Å². The Morgan fingerprint density at radius 3 is 2.80 bits per heavy atom. The predicted molar refractivity (Wildman–Crippen MR) is 77.4 cm³/mol. The number of ketones is 1. The van der Waals surface area contributed by atoms with E-state index in [0.29, 0.717) is 23.5 Å². The molecule has 5 nitrogen and oxygen atoms in total. The van der Waals surface area contributed by atoms with Gasteiger partial charge in [0.05, 0.1) is 5.69 Å². The number of likely N-dealkylation sites (N-methyl/N-ethyl adjacent to an activating group) is 1. The second kappa shape index (κ2) is 5.63. The Kier molecular flexibility index (Phi) is 4.09. The molecule has 0 spiro atoms. The number of rotatable bonds is 4. The molecule has 0 radical (unpaired) electrons. The SMILES string of the molecule is CC(CN(C)C)C(=O)c1ccc2c(c1)OCC(=O)N2C. The molecule has 108 valence electrons. The number of amides is 1. The van der Waals surface area contributed by atoms with Crippen LogP contribution in [0.2, 0.25) is 0 Å². The van der Waals surface area contributed by atoms with E-state index in [1.54, 1.807) is 30.1 Å². The lowest BCUT2D eigenvalue weighted by molar-refractivity contribution is -0.120. The fraction of sp³-hybridized carbons (Fsp3) is 0.467. The van der Waals surface area contributed by atoms with E-state index < -0.39 is 0 Å². The highest BCUT2D eigenvalue weighted by molar-refractivity contribution is 6.01. The summed E-state index contributed by atoms with van der Waals surface area (Å²) in [5, 5.41) is 0. The van der Waals surface area contributed by atoms with Crippen LogP contribution in [0.3, 0.4) is 0 Å². The van der Waals surface area contributed by atoms with Gasteiger partial charge < -0.3 is 14.5 Å². The molecule has 1 aliphatic heterocycles. The normalized spacial score (nSPS) is 15.8. The lowest BCUT2D eigenvalue weighted by Gasteiger charge is -2.26. The Bertz CT molecular complexity index is 540. The summed E-state index contributed by atoms with van der Waals surface area (Å²) in [7, 11) is 5.60. The Morgan fingerprint density at radius 2 is 2.15 bits per heavy atom. The number of ether oxygens (including phenoxy) is 1. The van der Waals surface area contributed by atoms with E-state index in [-0.39, 0.29) is 24.2 Å². The average Bonchev–Trinajstić information content (AvgIpc) is 2.41. The Morgan fingerprint density at radius 1 is 1.45 bits per heavy atom. The first-order chi connectivity index (χ1) is 9.40. The third kappa shape index (κ3) is 2.82. The predicted octanol–water partition coefficient (Wildman–Crippen LogP) is 1.42. The first-order valence-corrected chi connectivity index (χ1v) is 6.62. The molecule has 1 aliphatic rings. The smallest absolute Gasteiger partial charge is 0.264 e. The van der Waals surface area contributed by atoms with Gasteiger partial charge in [0.1, 0.15) is 5.75 Å². The van der Waals surface area contributed by atoms with Gasteiger partial charge in [-0.2, -0.15) is 0 Å². The molecule has 1 unspecified atom stereocenters. The van der Waals surface area contributed by atoms with Crippen molar-refractivity contribution < 1.29 is 14.3 Å². The topological polar surface area (TPSA) is 49.9 Å². The molecule has 1 heterocycles. The Labute approximate surface area is 119 Å². The summed E-state index contributed by atoms with van der Waals surface area (Å²) < 4.78 is 5.40. The largest absolute Gasteiger partial charge is 0.482 e. The minimum absolute atomic E-state index is 0.0222. The van der Waals surface area contributed by atoms with Gasteiger partial charge in [0.2, 0.25) is 0 Å². The van der Waals surface area contributed by atoms with Crippen LogP contribution in [-0.4, -0.2) is 50.9 Å². The van der Waals surface area contributed by atoms with Gasteiger partial charge in [0.25, 0.3) is 5.91 Å². The fourth-order valence-electron chi connectivity index (χ4n) is 2.35. The van der Waals surface area contributed by atoms with Crippen molar-refractivity contribution in [3.8, 4) is 5.75 Å². The van der Waals surface area contributed by atoms with Gasteiger partial charge in [-0.05, 0) is 32.3 Å². The lowest BCUT2D eigenvalue weighted by atomic mass is 9.98. The van der Waals surface area contributed by atoms with E-state index in [2.05, 4.69) is 0 Å². The third-order valence-corrected chi connectivity index (χ3v) is 3.42. The molecule has 0 saturated carbocycles. The zero-order valence-corrected chi connectivity index (χ0v) is 12.3. The second-order valence-electron chi connectivity index (χ2n) is 5.45. The number of nitrogens with zero attached hydrogens (tertiary/aromatic N) is 2. The number of carbonyl (C=O) groups excluding carboxylic acids is 2. The maximum Gasteiger partial charge on any atom is 0.264 e. The second-order valence-corrected chi connectivity index (χ2v) is 5.45. The van der Waals surface area contributed by atoms with Gasteiger partial charge in [-0.3, -0.25) is 9.59 Å². The molecule has 0 fully saturated rings. The average molecular weight is 276 g/mol. The fourth-order valence-corrected chi connectivity index (χ4v) is 2.35. The summed E-state index contributed by atoms with van der Waals surface area (Å²) in [5.74, 6) is 0.517. The number of hydrogen-bond acceptors (Lipinski definition) is 4. The number of carbonyl (C=O) groups is 2. The number of anilines is 1.